The van der Waals surface area contributed by atoms with E-state index in [1.165, 1.54) is 12.0 Å². The lowest BCUT2D eigenvalue weighted by Crippen LogP contribution is -1.91. The number of para-hydroxylation sites is 1. The van der Waals surface area contributed by atoms with Gasteiger partial charge in [-0.25, -0.2) is 0 Å². The highest BCUT2D eigenvalue weighted by atomic mass is 15.3. The first-order valence-electron chi connectivity index (χ1n) is 5.90. The van der Waals surface area contributed by atoms with Crippen LogP contribution < -0.4 is 5.43 Å². The number of nitrogens with zero attached hydrogens (tertiary/aromatic N) is 1. The van der Waals surface area contributed by atoms with E-state index in [4.69, 9.17) is 0 Å². The number of nitrogens with one attached hydrogen (secondary N) is 1. The maximum atomic E-state index is 4.22. The van der Waals surface area contributed by atoms with Crippen molar-refractivity contribution in [2.45, 2.75) is 33.1 Å². The highest BCUT2D eigenvalue weighted by molar-refractivity contribution is 5.78. The molecule has 0 radical (unpaired) electrons. The molecule has 86 valence electrons. The average Bonchev–Trinajstić information content (AvgIpc) is 2.35. The molecule has 0 aliphatic heterocycles. The molecule has 16 heavy (non-hydrogen) atoms. The van der Waals surface area contributed by atoms with Gasteiger partial charge in [-0.15, -0.1) is 0 Å². The molecule has 0 saturated carbocycles. The van der Waals surface area contributed by atoms with Crippen LogP contribution in [0.5, 0.6) is 0 Å². The van der Waals surface area contributed by atoms with Crippen molar-refractivity contribution < 1.29 is 0 Å². The van der Waals surface area contributed by atoms with Gasteiger partial charge in [0.2, 0.25) is 0 Å². The third-order valence-electron chi connectivity index (χ3n) is 2.30. The molecule has 0 aliphatic carbocycles. The van der Waals surface area contributed by atoms with E-state index in [2.05, 4.69) is 30.5 Å². The van der Waals surface area contributed by atoms with Gasteiger partial charge < -0.3 is 0 Å². The zero-order valence-electron chi connectivity index (χ0n) is 10.1. The highest BCUT2D eigenvalue weighted by Gasteiger charge is 1.89. The molecule has 0 saturated heterocycles. The second-order valence-electron chi connectivity index (χ2n) is 3.66. The summed E-state index contributed by atoms with van der Waals surface area (Å²) in [6.07, 6.45) is 7.49. The molecule has 0 amide bonds. The van der Waals surface area contributed by atoms with Gasteiger partial charge in [0.05, 0.1) is 11.9 Å². The third kappa shape index (κ3) is 4.78. The van der Waals surface area contributed by atoms with Crippen molar-refractivity contribution in [1.29, 1.82) is 0 Å². The second kappa shape index (κ2) is 7.69. The predicted molar refractivity (Wildman–Crippen MR) is 71.8 cm³/mol. The van der Waals surface area contributed by atoms with E-state index in [-0.39, 0.29) is 0 Å². The number of rotatable bonds is 6. The van der Waals surface area contributed by atoms with Gasteiger partial charge in [0.1, 0.15) is 0 Å². The van der Waals surface area contributed by atoms with E-state index in [9.17, 15) is 0 Å². The van der Waals surface area contributed by atoms with Crippen LogP contribution in [0.25, 0.3) is 0 Å². The lowest BCUT2D eigenvalue weighted by Gasteiger charge is -1.99. The average molecular weight is 216 g/mol. The maximum Gasteiger partial charge on any atom is 0.0561 e. The van der Waals surface area contributed by atoms with Crippen molar-refractivity contribution in [3.8, 4) is 0 Å². The Hall–Kier alpha value is -1.57. The zero-order chi connectivity index (χ0) is 11.6. The summed E-state index contributed by atoms with van der Waals surface area (Å²) < 4.78 is 0. The SMILES string of the molecule is CCC/C=C(\C=N\Nc1ccccc1)CC. The summed E-state index contributed by atoms with van der Waals surface area (Å²) in [6, 6.07) is 9.97. The van der Waals surface area contributed by atoms with Crippen LogP contribution in [0.2, 0.25) is 0 Å². The topological polar surface area (TPSA) is 24.4 Å². The molecule has 0 bridgehead atoms. The smallest absolute Gasteiger partial charge is 0.0561 e. The van der Waals surface area contributed by atoms with E-state index >= 15 is 0 Å². The standard InChI is InChI=1S/C14H20N2/c1-3-5-9-13(4-2)12-15-16-14-10-7-6-8-11-14/h6-12,16H,3-5H2,1-2H3/b13-9-,15-12+. The van der Waals surface area contributed by atoms with Crippen molar-refractivity contribution in [2.75, 3.05) is 5.43 Å². The van der Waals surface area contributed by atoms with Gasteiger partial charge in [-0.1, -0.05) is 44.5 Å². The number of unbranched alkanes of at least 4 members (excludes halogenated alkanes) is 1. The largest absolute Gasteiger partial charge is 0.279 e. The summed E-state index contributed by atoms with van der Waals surface area (Å²) in [4.78, 5) is 0. The molecular weight excluding hydrogens is 196 g/mol. The van der Waals surface area contributed by atoms with Crippen LogP contribution in [0.1, 0.15) is 33.1 Å². The van der Waals surface area contributed by atoms with Crippen LogP contribution >= 0.6 is 0 Å². The molecule has 0 aromatic heterocycles. The molecule has 1 aromatic carbocycles. The first-order chi connectivity index (χ1) is 7.86. The van der Waals surface area contributed by atoms with Crippen molar-refractivity contribution in [1.82, 2.24) is 0 Å². The molecule has 1 rings (SSSR count). The van der Waals surface area contributed by atoms with Crippen molar-refractivity contribution in [2.24, 2.45) is 5.10 Å². The monoisotopic (exact) mass is 216 g/mol. The fourth-order valence-electron chi connectivity index (χ4n) is 1.32. The van der Waals surface area contributed by atoms with Gasteiger partial charge in [-0.05, 0) is 30.5 Å². The Bertz CT molecular complexity index is 339. The second-order valence-corrected chi connectivity index (χ2v) is 3.66. The summed E-state index contributed by atoms with van der Waals surface area (Å²) in [7, 11) is 0. The minimum Gasteiger partial charge on any atom is -0.279 e. The number of allylic oxidation sites excluding steroid dienone is 2. The van der Waals surface area contributed by atoms with Crippen LogP contribution in [-0.2, 0) is 0 Å². The molecule has 0 unspecified atom stereocenters. The Morgan fingerprint density at radius 1 is 1.25 bits per heavy atom. The quantitative estimate of drug-likeness (QED) is 0.558. The highest BCUT2D eigenvalue weighted by Crippen LogP contribution is 2.05. The third-order valence-corrected chi connectivity index (χ3v) is 2.30. The van der Waals surface area contributed by atoms with Crippen LogP contribution in [0, 0.1) is 0 Å². The number of hydrogen-bond acceptors (Lipinski definition) is 2. The molecule has 0 heterocycles. The maximum absolute atomic E-state index is 4.22. The normalized spacial score (nSPS) is 12.0. The Kier molecular flexibility index (Phi) is 6.00. The molecule has 0 atom stereocenters. The summed E-state index contributed by atoms with van der Waals surface area (Å²) in [6.45, 7) is 4.33. The van der Waals surface area contributed by atoms with Crippen LogP contribution in [0.4, 0.5) is 5.69 Å². The van der Waals surface area contributed by atoms with Crippen LogP contribution in [0.3, 0.4) is 0 Å². The Morgan fingerprint density at radius 2 is 2.00 bits per heavy atom. The van der Waals surface area contributed by atoms with Crippen molar-refractivity contribution >= 4 is 11.9 Å². The lowest BCUT2D eigenvalue weighted by molar-refractivity contribution is 0.946. The molecular formula is C14H20N2. The number of anilines is 1. The molecule has 0 aliphatic rings. The van der Waals surface area contributed by atoms with E-state index in [0.29, 0.717) is 0 Å². The van der Waals surface area contributed by atoms with Gasteiger partial charge in [0.15, 0.2) is 0 Å². The van der Waals surface area contributed by atoms with Gasteiger partial charge in [-0.2, -0.15) is 5.10 Å². The predicted octanol–water partition coefficient (Wildman–Crippen LogP) is 4.22. The molecule has 0 fully saturated rings. The molecule has 2 nitrogen and oxygen atoms in total. The minimum atomic E-state index is 1.02. The van der Waals surface area contributed by atoms with E-state index in [1.807, 2.05) is 36.5 Å². The Labute approximate surface area is 98.1 Å². The number of hydrazone groups is 1. The van der Waals surface area contributed by atoms with Gasteiger partial charge in [0.25, 0.3) is 0 Å². The zero-order valence-corrected chi connectivity index (χ0v) is 10.1. The fraction of sp³-hybridized carbons (Fsp3) is 0.357. The fourth-order valence-corrected chi connectivity index (χ4v) is 1.32. The van der Waals surface area contributed by atoms with Crippen molar-refractivity contribution in [3.05, 3.63) is 42.0 Å². The molecule has 1 aromatic rings. The van der Waals surface area contributed by atoms with Gasteiger partial charge in [0, 0.05) is 0 Å². The molecule has 2 heteroatoms. The first-order valence-corrected chi connectivity index (χ1v) is 5.90. The number of hydrogen-bond donors (Lipinski definition) is 1. The number of benzene rings is 1. The van der Waals surface area contributed by atoms with E-state index in [0.717, 1.165) is 18.5 Å². The van der Waals surface area contributed by atoms with Gasteiger partial charge in [-0.3, -0.25) is 5.43 Å². The van der Waals surface area contributed by atoms with Crippen LogP contribution in [-0.4, -0.2) is 6.21 Å². The summed E-state index contributed by atoms with van der Waals surface area (Å²) in [5.41, 5.74) is 5.32. The van der Waals surface area contributed by atoms with E-state index in [1.54, 1.807) is 0 Å². The molecule has 0 spiro atoms. The molecule has 1 N–H and O–H groups in total. The van der Waals surface area contributed by atoms with Crippen LogP contribution in [0.15, 0.2) is 47.1 Å². The minimum absolute atomic E-state index is 1.02. The van der Waals surface area contributed by atoms with Gasteiger partial charge >= 0.3 is 0 Å². The summed E-state index contributed by atoms with van der Waals surface area (Å²) in [5.74, 6) is 0. The Morgan fingerprint density at radius 3 is 2.62 bits per heavy atom. The summed E-state index contributed by atoms with van der Waals surface area (Å²) >= 11 is 0. The summed E-state index contributed by atoms with van der Waals surface area (Å²) in [5, 5.41) is 4.22. The lowest BCUT2D eigenvalue weighted by atomic mass is 10.2. The van der Waals surface area contributed by atoms with E-state index < -0.39 is 0 Å². The Balaban J connectivity index is 2.47. The first kappa shape index (κ1) is 12.5. The van der Waals surface area contributed by atoms with Crippen molar-refractivity contribution in [3.63, 3.8) is 0 Å².